The minimum atomic E-state index is -0.269. The van der Waals surface area contributed by atoms with Crippen molar-refractivity contribution >= 4 is 16.8 Å². The van der Waals surface area contributed by atoms with Crippen LogP contribution in [0.15, 0.2) is 55.0 Å². The molecule has 1 aromatic carbocycles. The molecule has 4 heterocycles. The Hall–Kier alpha value is -2.86. The van der Waals surface area contributed by atoms with E-state index in [-0.39, 0.29) is 17.4 Å². The van der Waals surface area contributed by atoms with Gasteiger partial charge in [-0.15, -0.1) is 0 Å². The maximum Gasteiger partial charge on any atom is 0.254 e. The SMILES string of the molecule is Cn1ccc2cc(C(=O)N3CC4(C3)OCC[C@H]4COc3cccnc3)ccc21. The Labute approximate surface area is 163 Å². The lowest BCUT2D eigenvalue weighted by Crippen LogP contribution is -2.66. The van der Waals surface area contributed by atoms with E-state index in [1.54, 1.807) is 12.4 Å². The summed E-state index contributed by atoms with van der Waals surface area (Å²) in [6.45, 7) is 2.56. The van der Waals surface area contributed by atoms with Gasteiger partial charge in [-0.05, 0) is 42.8 Å². The van der Waals surface area contributed by atoms with Gasteiger partial charge in [0.2, 0.25) is 0 Å². The van der Waals surface area contributed by atoms with Crippen LogP contribution in [0.2, 0.25) is 0 Å². The summed E-state index contributed by atoms with van der Waals surface area (Å²) in [6.07, 6.45) is 6.42. The minimum Gasteiger partial charge on any atom is -0.492 e. The molecular formula is C22H23N3O3. The number of aryl methyl sites for hydroxylation is 1. The van der Waals surface area contributed by atoms with E-state index in [1.807, 2.05) is 54.5 Å². The quantitative estimate of drug-likeness (QED) is 0.702. The normalized spacial score (nSPS) is 20.5. The number of carbonyl (C=O) groups is 1. The first-order valence-electron chi connectivity index (χ1n) is 9.66. The fourth-order valence-corrected chi connectivity index (χ4v) is 4.34. The number of amides is 1. The van der Waals surface area contributed by atoms with Gasteiger partial charge in [0.15, 0.2) is 0 Å². The molecule has 3 aromatic rings. The van der Waals surface area contributed by atoms with Crippen molar-refractivity contribution in [3.63, 3.8) is 0 Å². The third kappa shape index (κ3) is 2.85. The molecule has 28 heavy (non-hydrogen) atoms. The Bertz CT molecular complexity index is 1010. The van der Waals surface area contributed by atoms with Crippen molar-refractivity contribution in [1.82, 2.24) is 14.5 Å². The molecule has 2 saturated heterocycles. The molecule has 6 heteroatoms. The van der Waals surface area contributed by atoms with E-state index in [2.05, 4.69) is 9.55 Å². The number of carbonyl (C=O) groups excluding carboxylic acids is 1. The number of ether oxygens (including phenoxy) is 2. The van der Waals surface area contributed by atoms with Crippen LogP contribution in [0.5, 0.6) is 5.75 Å². The summed E-state index contributed by atoms with van der Waals surface area (Å²) in [4.78, 5) is 18.9. The second kappa shape index (κ2) is 6.63. The highest BCUT2D eigenvalue weighted by molar-refractivity contribution is 5.98. The topological polar surface area (TPSA) is 56.6 Å². The van der Waals surface area contributed by atoms with E-state index in [9.17, 15) is 4.79 Å². The number of likely N-dealkylation sites (tertiary alicyclic amines) is 1. The summed E-state index contributed by atoms with van der Waals surface area (Å²) in [7, 11) is 2.01. The predicted octanol–water partition coefficient (Wildman–Crippen LogP) is 2.88. The van der Waals surface area contributed by atoms with Crippen LogP contribution in [0, 0.1) is 5.92 Å². The molecule has 1 amide bonds. The number of hydrogen-bond acceptors (Lipinski definition) is 4. The Morgan fingerprint density at radius 2 is 2.21 bits per heavy atom. The summed E-state index contributed by atoms with van der Waals surface area (Å²) in [5.74, 6) is 1.13. The van der Waals surface area contributed by atoms with Crippen molar-refractivity contribution in [3.05, 3.63) is 60.6 Å². The van der Waals surface area contributed by atoms with Crippen molar-refractivity contribution in [2.45, 2.75) is 12.0 Å². The fourth-order valence-electron chi connectivity index (χ4n) is 4.34. The van der Waals surface area contributed by atoms with Gasteiger partial charge in [0, 0.05) is 48.4 Å². The zero-order chi connectivity index (χ0) is 19.1. The molecule has 0 saturated carbocycles. The Balaban J connectivity index is 1.25. The Kier molecular flexibility index (Phi) is 4.09. The zero-order valence-corrected chi connectivity index (χ0v) is 15.9. The molecule has 2 fully saturated rings. The second-order valence-electron chi connectivity index (χ2n) is 7.76. The standard InChI is InChI=1S/C22H23N3O3/c1-24-9-6-16-11-17(4-5-20(16)24)21(26)25-14-22(15-25)18(7-10-28-22)13-27-19-3-2-8-23-12-19/h2-6,8-9,11-12,18H,7,10,13-15H2,1H3/t18-/m0/s1. The third-order valence-corrected chi connectivity index (χ3v) is 6.02. The van der Waals surface area contributed by atoms with E-state index < -0.39 is 0 Å². The Morgan fingerprint density at radius 1 is 1.32 bits per heavy atom. The lowest BCUT2D eigenvalue weighted by Gasteiger charge is -2.50. The molecule has 2 aromatic heterocycles. The molecule has 2 aliphatic heterocycles. The second-order valence-corrected chi connectivity index (χ2v) is 7.76. The molecule has 144 valence electrons. The third-order valence-electron chi connectivity index (χ3n) is 6.02. The Morgan fingerprint density at radius 3 is 3.04 bits per heavy atom. The van der Waals surface area contributed by atoms with Gasteiger partial charge in [-0.2, -0.15) is 0 Å². The molecule has 0 unspecified atom stereocenters. The lowest BCUT2D eigenvalue weighted by molar-refractivity contribution is -0.122. The number of benzene rings is 1. The summed E-state index contributed by atoms with van der Waals surface area (Å²) >= 11 is 0. The van der Waals surface area contributed by atoms with Crippen molar-refractivity contribution in [2.75, 3.05) is 26.3 Å². The fraction of sp³-hybridized carbons (Fsp3) is 0.364. The van der Waals surface area contributed by atoms with Crippen LogP contribution in [0.1, 0.15) is 16.8 Å². The van der Waals surface area contributed by atoms with Crippen molar-refractivity contribution in [1.29, 1.82) is 0 Å². The number of aromatic nitrogens is 2. The van der Waals surface area contributed by atoms with Gasteiger partial charge < -0.3 is 18.9 Å². The van der Waals surface area contributed by atoms with Gasteiger partial charge in [0.25, 0.3) is 5.91 Å². The molecule has 6 nitrogen and oxygen atoms in total. The molecule has 5 rings (SSSR count). The molecule has 1 spiro atoms. The lowest BCUT2D eigenvalue weighted by atomic mass is 9.81. The molecule has 0 N–H and O–H groups in total. The highest BCUT2D eigenvalue weighted by Gasteiger charge is 2.54. The summed E-state index contributed by atoms with van der Waals surface area (Å²) in [5, 5.41) is 1.09. The summed E-state index contributed by atoms with van der Waals surface area (Å²) in [5.41, 5.74) is 1.59. The van der Waals surface area contributed by atoms with E-state index in [0.29, 0.717) is 19.7 Å². The maximum atomic E-state index is 12.9. The molecule has 0 aliphatic carbocycles. The van der Waals surface area contributed by atoms with Gasteiger partial charge in [0.1, 0.15) is 11.4 Å². The first kappa shape index (κ1) is 17.3. The van der Waals surface area contributed by atoms with E-state index >= 15 is 0 Å². The van der Waals surface area contributed by atoms with E-state index in [4.69, 9.17) is 9.47 Å². The molecule has 0 radical (unpaired) electrons. The highest BCUT2D eigenvalue weighted by Crippen LogP contribution is 2.40. The number of nitrogens with zero attached hydrogens (tertiary/aromatic N) is 3. The average Bonchev–Trinajstić information content (AvgIpc) is 3.29. The van der Waals surface area contributed by atoms with Crippen LogP contribution >= 0.6 is 0 Å². The van der Waals surface area contributed by atoms with Gasteiger partial charge >= 0.3 is 0 Å². The van der Waals surface area contributed by atoms with Crippen molar-refractivity contribution < 1.29 is 14.3 Å². The van der Waals surface area contributed by atoms with Crippen LogP contribution in [0.4, 0.5) is 0 Å². The first-order chi connectivity index (χ1) is 13.6. The van der Waals surface area contributed by atoms with Crippen LogP contribution in [-0.2, 0) is 11.8 Å². The van der Waals surface area contributed by atoms with E-state index in [1.165, 1.54) is 0 Å². The molecule has 0 bridgehead atoms. The number of pyridine rings is 1. The van der Waals surface area contributed by atoms with Gasteiger partial charge in [-0.1, -0.05) is 0 Å². The monoisotopic (exact) mass is 377 g/mol. The van der Waals surface area contributed by atoms with Crippen molar-refractivity contribution in [2.24, 2.45) is 13.0 Å². The summed E-state index contributed by atoms with van der Waals surface area (Å²) < 4.78 is 14.0. The van der Waals surface area contributed by atoms with Crippen LogP contribution in [0.25, 0.3) is 10.9 Å². The van der Waals surface area contributed by atoms with Gasteiger partial charge in [0.05, 0.1) is 25.9 Å². The molecule has 1 atom stereocenters. The summed E-state index contributed by atoms with van der Waals surface area (Å²) in [6, 6.07) is 11.7. The van der Waals surface area contributed by atoms with Gasteiger partial charge in [-0.25, -0.2) is 0 Å². The largest absolute Gasteiger partial charge is 0.492 e. The number of hydrogen-bond donors (Lipinski definition) is 0. The maximum absolute atomic E-state index is 12.9. The smallest absolute Gasteiger partial charge is 0.254 e. The highest BCUT2D eigenvalue weighted by atomic mass is 16.5. The van der Waals surface area contributed by atoms with Gasteiger partial charge in [-0.3, -0.25) is 9.78 Å². The average molecular weight is 377 g/mol. The minimum absolute atomic E-state index is 0.0683. The molecule has 2 aliphatic rings. The zero-order valence-electron chi connectivity index (χ0n) is 15.9. The van der Waals surface area contributed by atoms with E-state index in [0.717, 1.165) is 35.2 Å². The van der Waals surface area contributed by atoms with Crippen LogP contribution < -0.4 is 4.74 Å². The van der Waals surface area contributed by atoms with Crippen LogP contribution in [-0.4, -0.2) is 52.3 Å². The number of rotatable bonds is 4. The predicted molar refractivity (Wildman–Crippen MR) is 105 cm³/mol. The first-order valence-corrected chi connectivity index (χ1v) is 9.66. The van der Waals surface area contributed by atoms with Crippen molar-refractivity contribution in [3.8, 4) is 5.75 Å². The van der Waals surface area contributed by atoms with Crippen LogP contribution in [0.3, 0.4) is 0 Å². The number of fused-ring (bicyclic) bond motifs is 1. The molecular weight excluding hydrogens is 354 g/mol.